The van der Waals surface area contributed by atoms with E-state index in [4.69, 9.17) is 17.3 Å². The Kier molecular flexibility index (Phi) is 2.47. The quantitative estimate of drug-likeness (QED) is 0.691. The van der Waals surface area contributed by atoms with Gasteiger partial charge in [0.2, 0.25) is 0 Å². The minimum Gasteiger partial charge on any atom is -0.327 e. The SMILES string of the molecule is NC1CC(Cl)CC1c1ccncn1. The Labute approximate surface area is 82.3 Å². The molecule has 0 aromatic carbocycles. The lowest BCUT2D eigenvalue weighted by Gasteiger charge is -2.13. The molecule has 70 valence electrons. The Morgan fingerprint density at radius 3 is 2.85 bits per heavy atom. The maximum absolute atomic E-state index is 6.03. The van der Waals surface area contributed by atoms with E-state index >= 15 is 0 Å². The summed E-state index contributed by atoms with van der Waals surface area (Å²) in [7, 11) is 0. The van der Waals surface area contributed by atoms with E-state index in [0.29, 0.717) is 5.92 Å². The number of aromatic nitrogens is 2. The van der Waals surface area contributed by atoms with Crippen LogP contribution in [-0.2, 0) is 0 Å². The minimum atomic E-state index is 0.150. The van der Waals surface area contributed by atoms with Crippen molar-refractivity contribution in [1.29, 1.82) is 0 Å². The van der Waals surface area contributed by atoms with Crippen LogP contribution < -0.4 is 5.73 Å². The third-order valence-corrected chi connectivity index (χ3v) is 2.90. The highest BCUT2D eigenvalue weighted by Gasteiger charge is 2.32. The summed E-state index contributed by atoms with van der Waals surface area (Å²) in [4.78, 5) is 8.07. The average molecular weight is 198 g/mol. The van der Waals surface area contributed by atoms with E-state index in [2.05, 4.69) is 9.97 Å². The molecule has 0 aliphatic heterocycles. The summed E-state index contributed by atoms with van der Waals surface area (Å²) >= 11 is 6.03. The maximum Gasteiger partial charge on any atom is 0.115 e. The van der Waals surface area contributed by atoms with Crippen molar-refractivity contribution in [1.82, 2.24) is 9.97 Å². The summed E-state index contributed by atoms with van der Waals surface area (Å²) in [6.07, 6.45) is 5.12. The van der Waals surface area contributed by atoms with Crippen LogP contribution in [0.2, 0.25) is 0 Å². The second kappa shape index (κ2) is 3.60. The Morgan fingerprint density at radius 2 is 2.31 bits per heavy atom. The van der Waals surface area contributed by atoms with Crippen molar-refractivity contribution in [3.05, 3.63) is 24.3 Å². The van der Waals surface area contributed by atoms with E-state index in [1.165, 1.54) is 0 Å². The molecule has 2 rings (SSSR count). The van der Waals surface area contributed by atoms with Crippen LogP contribution in [0.3, 0.4) is 0 Å². The number of halogens is 1. The summed E-state index contributed by atoms with van der Waals surface area (Å²) in [5, 5.41) is 0.204. The molecule has 1 aliphatic carbocycles. The van der Waals surface area contributed by atoms with E-state index in [1.807, 2.05) is 6.07 Å². The van der Waals surface area contributed by atoms with Gasteiger partial charge in [0.15, 0.2) is 0 Å². The van der Waals surface area contributed by atoms with E-state index in [1.54, 1.807) is 12.5 Å². The van der Waals surface area contributed by atoms with Gasteiger partial charge in [0, 0.05) is 29.2 Å². The molecule has 1 saturated carbocycles. The molecule has 1 aliphatic rings. The number of rotatable bonds is 1. The first kappa shape index (κ1) is 8.91. The zero-order valence-corrected chi connectivity index (χ0v) is 7.98. The molecule has 0 spiro atoms. The van der Waals surface area contributed by atoms with Gasteiger partial charge in [-0.3, -0.25) is 0 Å². The largest absolute Gasteiger partial charge is 0.327 e. The van der Waals surface area contributed by atoms with Gasteiger partial charge in [-0.25, -0.2) is 9.97 Å². The van der Waals surface area contributed by atoms with Crippen molar-refractivity contribution in [2.45, 2.75) is 30.2 Å². The lowest BCUT2D eigenvalue weighted by molar-refractivity contribution is 0.597. The minimum absolute atomic E-state index is 0.150. The molecule has 1 aromatic rings. The smallest absolute Gasteiger partial charge is 0.115 e. The van der Waals surface area contributed by atoms with Gasteiger partial charge >= 0.3 is 0 Å². The number of alkyl halides is 1. The Hall–Kier alpha value is -0.670. The molecule has 13 heavy (non-hydrogen) atoms. The van der Waals surface area contributed by atoms with Gasteiger partial charge in [0.05, 0.1) is 0 Å². The van der Waals surface area contributed by atoms with Crippen LogP contribution in [0.15, 0.2) is 18.6 Å². The van der Waals surface area contributed by atoms with Gasteiger partial charge in [-0.05, 0) is 18.9 Å². The normalized spacial score (nSPS) is 33.5. The Balaban J connectivity index is 2.18. The molecule has 0 radical (unpaired) electrons. The lowest BCUT2D eigenvalue weighted by atomic mass is 10.0. The maximum atomic E-state index is 6.03. The van der Waals surface area contributed by atoms with E-state index in [-0.39, 0.29) is 11.4 Å². The second-order valence-electron chi connectivity index (χ2n) is 3.47. The molecular weight excluding hydrogens is 186 g/mol. The predicted molar refractivity (Wildman–Crippen MR) is 51.6 cm³/mol. The monoisotopic (exact) mass is 197 g/mol. The molecule has 3 nitrogen and oxygen atoms in total. The Morgan fingerprint density at radius 1 is 1.46 bits per heavy atom. The van der Waals surface area contributed by atoms with Crippen LogP contribution in [0.5, 0.6) is 0 Å². The fourth-order valence-corrected chi connectivity index (χ4v) is 2.26. The molecule has 3 unspecified atom stereocenters. The van der Waals surface area contributed by atoms with Crippen LogP contribution in [-0.4, -0.2) is 21.4 Å². The van der Waals surface area contributed by atoms with Gasteiger partial charge < -0.3 is 5.73 Å². The van der Waals surface area contributed by atoms with Gasteiger partial charge in [-0.1, -0.05) is 0 Å². The molecule has 1 heterocycles. The fraction of sp³-hybridized carbons (Fsp3) is 0.556. The highest BCUT2D eigenvalue weighted by atomic mass is 35.5. The standard InChI is InChI=1S/C9H12ClN3/c10-6-3-7(8(11)4-6)9-1-2-12-5-13-9/h1-2,5-8H,3-4,11H2. The van der Waals surface area contributed by atoms with Crippen molar-refractivity contribution in [3.8, 4) is 0 Å². The lowest BCUT2D eigenvalue weighted by Crippen LogP contribution is -2.23. The van der Waals surface area contributed by atoms with Crippen LogP contribution >= 0.6 is 11.6 Å². The molecule has 1 aromatic heterocycles. The molecule has 3 atom stereocenters. The van der Waals surface area contributed by atoms with Crippen molar-refractivity contribution < 1.29 is 0 Å². The first-order valence-electron chi connectivity index (χ1n) is 4.43. The summed E-state index contributed by atoms with van der Waals surface area (Å²) in [6.45, 7) is 0. The van der Waals surface area contributed by atoms with Gasteiger partial charge in [-0.15, -0.1) is 11.6 Å². The fourth-order valence-electron chi connectivity index (χ4n) is 1.87. The Bertz CT molecular complexity index is 277. The topological polar surface area (TPSA) is 51.8 Å². The van der Waals surface area contributed by atoms with Crippen molar-refractivity contribution in [2.75, 3.05) is 0 Å². The zero-order chi connectivity index (χ0) is 9.26. The van der Waals surface area contributed by atoms with Crippen molar-refractivity contribution in [3.63, 3.8) is 0 Å². The van der Waals surface area contributed by atoms with Crippen molar-refractivity contribution >= 4 is 11.6 Å². The second-order valence-corrected chi connectivity index (χ2v) is 4.09. The third kappa shape index (κ3) is 1.81. The van der Waals surface area contributed by atoms with Crippen LogP contribution in [0, 0.1) is 0 Å². The highest BCUT2D eigenvalue weighted by Crippen LogP contribution is 2.34. The van der Waals surface area contributed by atoms with E-state index < -0.39 is 0 Å². The van der Waals surface area contributed by atoms with Crippen molar-refractivity contribution in [2.24, 2.45) is 5.73 Å². The molecule has 1 fully saturated rings. The molecular formula is C9H12ClN3. The molecule has 4 heteroatoms. The number of nitrogens with two attached hydrogens (primary N) is 1. The van der Waals surface area contributed by atoms with Gasteiger partial charge in [-0.2, -0.15) is 0 Å². The first-order chi connectivity index (χ1) is 6.27. The van der Waals surface area contributed by atoms with E-state index in [9.17, 15) is 0 Å². The number of nitrogens with zero attached hydrogens (tertiary/aromatic N) is 2. The van der Waals surface area contributed by atoms with Gasteiger partial charge in [0.25, 0.3) is 0 Å². The highest BCUT2D eigenvalue weighted by molar-refractivity contribution is 6.20. The summed E-state index contributed by atoms with van der Waals surface area (Å²) in [6, 6.07) is 2.07. The molecule has 0 saturated heterocycles. The van der Waals surface area contributed by atoms with Gasteiger partial charge in [0.1, 0.15) is 6.33 Å². The third-order valence-electron chi connectivity index (χ3n) is 2.54. The summed E-state index contributed by atoms with van der Waals surface area (Å²) < 4.78 is 0. The average Bonchev–Trinajstić information content (AvgIpc) is 2.47. The molecule has 0 amide bonds. The number of hydrogen-bond acceptors (Lipinski definition) is 3. The summed E-state index contributed by atoms with van der Waals surface area (Å²) in [5.41, 5.74) is 6.98. The number of hydrogen-bond donors (Lipinski definition) is 1. The van der Waals surface area contributed by atoms with Crippen LogP contribution in [0.25, 0.3) is 0 Å². The summed E-state index contributed by atoms with van der Waals surface area (Å²) in [5.74, 6) is 0.311. The predicted octanol–water partition coefficient (Wildman–Crippen LogP) is 1.29. The van der Waals surface area contributed by atoms with E-state index in [0.717, 1.165) is 18.5 Å². The first-order valence-corrected chi connectivity index (χ1v) is 4.86. The van der Waals surface area contributed by atoms with Crippen LogP contribution in [0.1, 0.15) is 24.5 Å². The zero-order valence-electron chi connectivity index (χ0n) is 7.23. The van der Waals surface area contributed by atoms with Crippen LogP contribution in [0.4, 0.5) is 0 Å². The molecule has 2 N–H and O–H groups in total. The molecule has 0 bridgehead atoms.